The number of hydrogen-bond donors (Lipinski definition) is 1. The number of aryl methyl sites for hydroxylation is 1. The molecular formula is C11H19N3S. The first kappa shape index (κ1) is 12.2. The van der Waals surface area contributed by atoms with Gasteiger partial charge in [-0.1, -0.05) is 0 Å². The van der Waals surface area contributed by atoms with Crippen molar-refractivity contribution in [3.05, 3.63) is 17.8 Å². The van der Waals surface area contributed by atoms with Crippen LogP contribution in [0.1, 0.15) is 12.5 Å². The number of anilines is 2. The summed E-state index contributed by atoms with van der Waals surface area (Å²) < 4.78 is 0. The number of thioether (sulfide) groups is 1. The number of pyridine rings is 1. The van der Waals surface area contributed by atoms with Gasteiger partial charge in [-0.2, -0.15) is 11.8 Å². The van der Waals surface area contributed by atoms with E-state index in [4.69, 9.17) is 5.73 Å². The number of hydrogen-bond acceptors (Lipinski definition) is 4. The predicted octanol–water partition coefficient (Wildman–Crippen LogP) is 2.16. The van der Waals surface area contributed by atoms with E-state index in [1.54, 1.807) is 0 Å². The van der Waals surface area contributed by atoms with E-state index in [0.717, 1.165) is 22.8 Å². The lowest BCUT2D eigenvalue weighted by Gasteiger charge is -2.25. The van der Waals surface area contributed by atoms with Crippen molar-refractivity contribution in [2.24, 2.45) is 0 Å². The lowest BCUT2D eigenvalue weighted by atomic mass is 10.2. The van der Waals surface area contributed by atoms with Crippen LogP contribution in [0.15, 0.2) is 12.3 Å². The summed E-state index contributed by atoms with van der Waals surface area (Å²) in [5.41, 5.74) is 7.70. The van der Waals surface area contributed by atoms with E-state index in [1.807, 2.05) is 30.9 Å². The summed E-state index contributed by atoms with van der Waals surface area (Å²) in [6, 6.07) is 2.40. The highest BCUT2D eigenvalue weighted by Gasteiger charge is 2.11. The monoisotopic (exact) mass is 225 g/mol. The third-order valence-electron chi connectivity index (χ3n) is 2.56. The maximum Gasteiger partial charge on any atom is 0.130 e. The zero-order valence-electron chi connectivity index (χ0n) is 9.82. The topological polar surface area (TPSA) is 42.1 Å². The normalized spacial score (nSPS) is 12.5. The molecule has 0 aromatic carbocycles. The molecule has 0 saturated carbocycles. The maximum absolute atomic E-state index is 5.86. The Morgan fingerprint density at radius 3 is 2.80 bits per heavy atom. The second kappa shape index (κ2) is 5.26. The molecule has 0 bridgehead atoms. The highest BCUT2D eigenvalue weighted by atomic mass is 32.2. The minimum atomic E-state index is 0.467. The van der Waals surface area contributed by atoms with Gasteiger partial charge in [0.25, 0.3) is 0 Å². The highest BCUT2D eigenvalue weighted by molar-refractivity contribution is 7.98. The van der Waals surface area contributed by atoms with Crippen molar-refractivity contribution in [2.75, 3.05) is 29.7 Å². The molecule has 0 saturated heterocycles. The van der Waals surface area contributed by atoms with Crippen molar-refractivity contribution in [1.82, 2.24) is 4.98 Å². The molecule has 0 radical (unpaired) electrons. The zero-order chi connectivity index (χ0) is 11.4. The minimum Gasteiger partial charge on any atom is -0.398 e. The van der Waals surface area contributed by atoms with E-state index in [1.165, 1.54) is 0 Å². The number of nitrogens with two attached hydrogens (primary N) is 1. The SMILES string of the molecule is CSCC(C)N(C)c1cc(N)c(C)cn1. The van der Waals surface area contributed by atoms with Gasteiger partial charge in [0.1, 0.15) is 5.82 Å². The van der Waals surface area contributed by atoms with Gasteiger partial charge in [0.2, 0.25) is 0 Å². The van der Waals surface area contributed by atoms with Crippen molar-refractivity contribution in [2.45, 2.75) is 19.9 Å². The quantitative estimate of drug-likeness (QED) is 0.852. The second-order valence-electron chi connectivity index (χ2n) is 3.81. The van der Waals surface area contributed by atoms with Gasteiger partial charge in [0.05, 0.1) is 0 Å². The predicted molar refractivity (Wildman–Crippen MR) is 69.6 cm³/mol. The van der Waals surface area contributed by atoms with Gasteiger partial charge in [-0.3, -0.25) is 0 Å². The molecule has 0 amide bonds. The van der Waals surface area contributed by atoms with Crippen molar-refractivity contribution in [3.8, 4) is 0 Å². The third-order valence-corrected chi connectivity index (χ3v) is 3.38. The molecular weight excluding hydrogens is 206 g/mol. The first-order valence-corrected chi connectivity index (χ1v) is 6.39. The van der Waals surface area contributed by atoms with Crippen LogP contribution in [0.4, 0.5) is 11.5 Å². The van der Waals surface area contributed by atoms with E-state index < -0.39 is 0 Å². The van der Waals surface area contributed by atoms with Gasteiger partial charge < -0.3 is 10.6 Å². The molecule has 1 aromatic heterocycles. The molecule has 1 atom stereocenters. The van der Waals surface area contributed by atoms with Crippen LogP contribution in [0.25, 0.3) is 0 Å². The average Bonchev–Trinajstić information content (AvgIpc) is 2.21. The van der Waals surface area contributed by atoms with Gasteiger partial charge >= 0.3 is 0 Å². The molecule has 2 N–H and O–H groups in total. The van der Waals surface area contributed by atoms with E-state index in [2.05, 4.69) is 30.1 Å². The Hall–Kier alpha value is -0.900. The van der Waals surface area contributed by atoms with Crippen LogP contribution in [0, 0.1) is 6.92 Å². The van der Waals surface area contributed by atoms with Crippen LogP contribution in [0.3, 0.4) is 0 Å². The summed E-state index contributed by atoms with van der Waals surface area (Å²) in [7, 11) is 2.05. The molecule has 0 fully saturated rings. The number of nitrogen functional groups attached to an aromatic ring is 1. The summed E-state index contributed by atoms with van der Waals surface area (Å²) in [6.45, 7) is 4.16. The summed E-state index contributed by atoms with van der Waals surface area (Å²) in [6.07, 6.45) is 3.94. The summed E-state index contributed by atoms with van der Waals surface area (Å²) in [5.74, 6) is 2.03. The third kappa shape index (κ3) is 3.02. The van der Waals surface area contributed by atoms with Gasteiger partial charge in [0.15, 0.2) is 0 Å². The zero-order valence-corrected chi connectivity index (χ0v) is 10.6. The standard InChI is InChI=1S/C11H19N3S/c1-8-6-13-11(5-10(8)12)14(3)9(2)7-15-4/h5-6,9H,7H2,1-4H3,(H2,12,13). The maximum atomic E-state index is 5.86. The molecule has 1 rings (SSSR count). The van der Waals surface area contributed by atoms with Crippen molar-refractivity contribution in [1.29, 1.82) is 0 Å². The molecule has 1 aromatic rings. The molecule has 0 aliphatic carbocycles. The van der Waals surface area contributed by atoms with Crippen molar-refractivity contribution < 1.29 is 0 Å². The number of nitrogens with zero attached hydrogens (tertiary/aromatic N) is 2. The van der Waals surface area contributed by atoms with Crippen LogP contribution in [-0.2, 0) is 0 Å². The fourth-order valence-electron chi connectivity index (χ4n) is 1.30. The lowest BCUT2D eigenvalue weighted by Crippen LogP contribution is -2.31. The Bertz CT molecular complexity index is 328. The molecule has 84 valence electrons. The summed E-state index contributed by atoms with van der Waals surface area (Å²) >= 11 is 1.84. The van der Waals surface area contributed by atoms with Gasteiger partial charge in [-0.25, -0.2) is 4.98 Å². The highest BCUT2D eigenvalue weighted by Crippen LogP contribution is 2.19. The molecule has 4 heteroatoms. The Balaban J connectivity index is 2.81. The molecule has 0 spiro atoms. The second-order valence-corrected chi connectivity index (χ2v) is 4.73. The fourth-order valence-corrected chi connectivity index (χ4v) is 2.01. The Kier molecular flexibility index (Phi) is 4.27. The molecule has 3 nitrogen and oxygen atoms in total. The first-order chi connectivity index (χ1) is 7.06. The summed E-state index contributed by atoms with van der Waals surface area (Å²) in [5, 5.41) is 0. The minimum absolute atomic E-state index is 0.467. The molecule has 1 heterocycles. The Morgan fingerprint density at radius 1 is 1.60 bits per heavy atom. The molecule has 15 heavy (non-hydrogen) atoms. The molecule has 1 unspecified atom stereocenters. The van der Waals surface area contributed by atoms with E-state index in [-0.39, 0.29) is 0 Å². The Labute approximate surface area is 96.1 Å². The van der Waals surface area contributed by atoms with E-state index in [0.29, 0.717) is 6.04 Å². The van der Waals surface area contributed by atoms with Gasteiger partial charge in [0, 0.05) is 36.8 Å². The smallest absolute Gasteiger partial charge is 0.130 e. The van der Waals surface area contributed by atoms with Crippen LogP contribution < -0.4 is 10.6 Å². The first-order valence-electron chi connectivity index (χ1n) is 5.00. The Morgan fingerprint density at radius 2 is 2.27 bits per heavy atom. The van der Waals surface area contributed by atoms with Crippen molar-refractivity contribution >= 4 is 23.3 Å². The van der Waals surface area contributed by atoms with Crippen LogP contribution >= 0.6 is 11.8 Å². The summed E-state index contributed by atoms with van der Waals surface area (Å²) in [4.78, 5) is 6.54. The number of aromatic nitrogens is 1. The average molecular weight is 225 g/mol. The van der Waals surface area contributed by atoms with E-state index >= 15 is 0 Å². The van der Waals surface area contributed by atoms with Gasteiger partial charge in [-0.15, -0.1) is 0 Å². The van der Waals surface area contributed by atoms with Crippen LogP contribution in [0.5, 0.6) is 0 Å². The van der Waals surface area contributed by atoms with E-state index in [9.17, 15) is 0 Å². The van der Waals surface area contributed by atoms with Crippen LogP contribution in [0.2, 0.25) is 0 Å². The van der Waals surface area contributed by atoms with Crippen molar-refractivity contribution in [3.63, 3.8) is 0 Å². The van der Waals surface area contributed by atoms with Gasteiger partial charge in [-0.05, 0) is 25.7 Å². The fraction of sp³-hybridized carbons (Fsp3) is 0.545. The number of rotatable bonds is 4. The molecule has 0 aliphatic rings. The molecule has 0 aliphatic heterocycles. The van der Waals surface area contributed by atoms with Crippen LogP contribution in [-0.4, -0.2) is 30.1 Å². The largest absolute Gasteiger partial charge is 0.398 e. The lowest BCUT2D eigenvalue weighted by molar-refractivity contribution is 0.753.